The highest BCUT2D eigenvalue weighted by Gasteiger charge is 2.14. The van der Waals surface area contributed by atoms with Crippen LogP contribution in [0.3, 0.4) is 0 Å². The van der Waals surface area contributed by atoms with Gasteiger partial charge in [-0.25, -0.2) is 0 Å². The Labute approximate surface area is 168 Å². The smallest absolute Gasteiger partial charge is 0.262 e. The first-order valence-electron chi connectivity index (χ1n) is 8.76. The number of anilines is 1. The SMILES string of the molecule is CCCNC(=O)c1ccc(Cl)cc1NC(=O)COc1ccc(CC(N)=O)cc1. The van der Waals surface area contributed by atoms with Crippen LogP contribution in [0.25, 0.3) is 0 Å². The molecule has 0 bridgehead atoms. The molecule has 0 atom stereocenters. The molecular formula is C20H22ClN3O4. The number of carbonyl (C=O) groups excluding carboxylic acids is 3. The van der Waals surface area contributed by atoms with E-state index in [0.717, 1.165) is 12.0 Å². The first-order chi connectivity index (χ1) is 13.4. The van der Waals surface area contributed by atoms with Gasteiger partial charge >= 0.3 is 0 Å². The molecule has 4 N–H and O–H groups in total. The Balaban J connectivity index is 1.98. The summed E-state index contributed by atoms with van der Waals surface area (Å²) in [5.41, 5.74) is 6.53. The maximum absolute atomic E-state index is 12.2. The van der Waals surface area contributed by atoms with Crippen LogP contribution in [0.2, 0.25) is 5.02 Å². The Morgan fingerprint density at radius 3 is 2.46 bits per heavy atom. The van der Waals surface area contributed by atoms with E-state index in [1.165, 1.54) is 6.07 Å². The number of rotatable bonds is 9. The molecule has 3 amide bonds. The highest BCUT2D eigenvalue weighted by molar-refractivity contribution is 6.31. The molecule has 0 radical (unpaired) electrons. The standard InChI is InChI=1S/C20H22ClN3O4/c1-2-9-23-20(27)16-8-5-14(21)11-17(16)24-19(26)12-28-15-6-3-13(4-7-15)10-18(22)25/h3-8,11H,2,9-10,12H2,1H3,(H2,22,25)(H,23,27)(H,24,26). The first-order valence-corrected chi connectivity index (χ1v) is 9.14. The van der Waals surface area contributed by atoms with Crippen molar-refractivity contribution in [3.05, 3.63) is 58.6 Å². The van der Waals surface area contributed by atoms with Crippen molar-refractivity contribution in [2.45, 2.75) is 19.8 Å². The van der Waals surface area contributed by atoms with Gasteiger partial charge in [0.05, 0.1) is 17.7 Å². The zero-order valence-corrected chi connectivity index (χ0v) is 16.2. The van der Waals surface area contributed by atoms with Crippen molar-refractivity contribution in [3.63, 3.8) is 0 Å². The molecule has 0 fully saturated rings. The molecule has 0 unspecified atom stereocenters. The minimum absolute atomic E-state index is 0.137. The Hall–Kier alpha value is -3.06. The van der Waals surface area contributed by atoms with Gasteiger partial charge in [0.2, 0.25) is 5.91 Å². The lowest BCUT2D eigenvalue weighted by Crippen LogP contribution is -2.27. The summed E-state index contributed by atoms with van der Waals surface area (Å²) in [6.07, 6.45) is 0.936. The molecule has 0 aliphatic rings. The van der Waals surface area contributed by atoms with Gasteiger partial charge in [0.15, 0.2) is 6.61 Å². The van der Waals surface area contributed by atoms with Crippen LogP contribution in [0.1, 0.15) is 29.3 Å². The van der Waals surface area contributed by atoms with Crippen LogP contribution in [0.15, 0.2) is 42.5 Å². The van der Waals surface area contributed by atoms with Crippen LogP contribution in [0, 0.1) is 0 Å². The van der Waals surface area contributed by atoms with Crippen LogP contribution in [-0.2, 0) is 16.0 Å². The maximum Gasteiger partial charge on any atom is 0.262 e. The van der Waals surface area contributed by atoms with Crippen molar-refractivity contribution in [2.75, 3.05) is 18.5 Å². The average molecular weight is 404 g/mol. The van der Waals surface area contributed by atoms with Crippen LogP contribution in [0.4, 0.5) is 5.69 Å². The van der Waals surface area contributed by atoms with E-state index in [2.05, 4.69) is 10.6 Å². The highest BCUT2D eigenvalue weighted by Crippen LogP contribution is 2.21. The van der Waals surface area contributed by atoms with Gasteiger partial charge in [-0.1, -0.05) is 30.7 Å². The zero-order valence-electron chi connectivity index (χ0n) is 15.5. The number of nitrogens with two attached hydrogens (primary N) is 1. The van der Waals surface area contributed by atoms with Gasteiger partial charge in [-0.15, -0.1) is 0 Å². The van der Waals surface area contributed by atoms with Crippen LogP contribution in [-0.4, -0.2) is 30.9 Å². The summed E-state index contributed by atoms with van der Waals surface area (Å²) in [6.45, 7) is 2.23. The van der Waals surface area contributed by atoms with E-state index in [4.69, 9.17) is 22.1 Å². The normalized spacial score (nSPS) is 10.2. The quantitative estimate of drug-likeness (QED) is 0.597. The minimum atomic E-state index is -0.437. The van der Waals surface area contributed by atoms with Gasteiger partial charge in [0, 0.05) is 11.6 Å². The Bertz CT molecular complexity index is 853. The fraction of sp³-hybridized carbons (Fsp3) is 0.250. The lowest BCUT2D eigenvalue weighted by Gasteiger charge is -2.12. The molecule has 7 nitrogen and oxygen atoms in total. The number of carbonyl (C=O) groups is 3. The summed E-state index contributed by atoms with van der Waals surface area (Å²) in [5.74, 6) is -0.684. The van der Waals surface area contributed by atoms with E-state index in [0.29, 0.717) is 28.6 Å². The summed E-state index contributed by atoms with van der Waals surface area (Å²) in [4.78, 5) is 35.4. The fourth-order valence-corrected chi connectivity index (χ4v) is 2.56. The van der Waals surface area contributed by atoms with Crippen molar-refractivity contribution in [3.8, 4) is 5.75 Å². The van der Waals surface area contributed by atoms with Crippen molar-refractivity contribution in [1.29, 1.82) is 0 Å². The monoisotopic (exact) mass is 403 g/mol. The second-order valence-corrected chi connectivity index (χ2v) is 6.51. The minimum Gasteiger partial charge on any atom is -0.484 e. The van der Waals surface area contributed by atoms with Crippen LogP contribution in [0.5, 0.6) is 5.75 Å². The zero-order chi connectivity index (χ0) is 20.5. The van der Waals surface area contributed by atoms with Crippen molar-refractivity contribution < 1.29 is 19.1 Å². The van der Waals surface area contributed by atoms with E-state index in [1.54, 1.807) is 36.4 Å². The van der Waals surface area contributed by atoms with Crippen LogP contribution < -0.4 is 21.1 Å². The van der Waals surface area contributed by atoms with Crippen molar-refractivity contribution >= 4 is 35.0 Å². The molecule has 8 heteroatoms. The Morgan fingerprint density at radius 2 is 1.82 bits per heavy atom. The molecule has 28 heavy (non-hydrogen) atoms. The molecule has 0 spiro atoms. The lowest BCUT2D eigenvalue weighted by atomic mass is 10.1. The van der Waals surface area contributed by atoms with E-state index in [9.17, 15) is 14.4 Å². The van der Waals surface area contributed by atoms with Gasteiger partial charge < -0.3 is 21.1 Å². The number of hydrogen-bond acceptors (Lipinski definition) is 4. The second kappa shape index (κ2) is 10.3. The van der Waals surface area contributed by atoms with E-state index >= 15 is 0 Å². The summed E-state index contributed by atoms with van der Waals surface area (Å²) in [5, 5.41) is 5.80. The molecule has 0 aliphatic carbocycles. The van der Waals surface area contributed by atoms with E-state index in [1.807, 2.05) is 6.92 Å². The van der Waals surface area contributed by atoms with E-state index in [-0.39, 0.29) is 18.9 Å². The molecular weight excluding hydrogens is 382 g/mol. The summed E-state index contributed by atoms with van der Waals surface area (Å²) in [7, 11) is 0. The molecule has 2 aromatic rings. The number of hydrogen-bond donors (Lipinski definition) is 3. The van der Waals surface area contributed by atoms with Crippen LogP contribution >= 0.6 is 11.6 Å². The summed E-state index contributed by atoms with van der Waals surface area (Å²) in [6, 6.07) is 11.3. The van der Waals surface area contributed by atoms with Crippen molar-refractivity contribution in [2.24, 2.45) is 5.73 Å². The summed E-state index contributed by atoms with van der Waals surface area (Å²) >= 11 is 5.99. The van der Waals surface area contributed by atoms with Gasteiger partial charge in [-0.3, -0.25) is 14.4 Å². The Morgan fingerprint density at radius 1 is 1.11 bits per heavy atom. The number of halogens is 1. The number of amides is 3. The van der Waals surface area contributed by atoms with Gasteiger partial charge in [-0.2, -0.15) is 0 Å². The predicted molar refractivity (Wildman–Crippen MR) is 108 cm³/mol. The number of benzene rings is 2. The highest BCUT2D eigenvalue weighted by atomic mass is 35.5. The van der Waals surface area contributed by atoms with Gasteiger partial charge in [-0.05, 0) is 42.3 Å². The number of nitrogens with one attached hydrogen (secondary N) is 2. The summed E-state index contributed by atoms with van der Waals surface area (Å²) < 4.78 is 5.43. The first kappa shape index (κ1) is 21.2. The van der Waals surface area contributed by atoms with Gasteiger partial charge in [0.25, 0.3) is 11.8 Å². The molecule has 0 saturated carbocycles. The fourth-order valence-electron chi connectivity index (χ4n) is 2.39. The predicted octanol–water partition coefficient (Wildman–Crippen LogP) is 2.53. The Kier molecular flexibility index (Phi) is 7.83. The molecule has 2 aromatic carbocycles. The van der Waals surface area contributed by atoms with Gasteiger partial charge in [0.1, 0.15) is 5.75 Å². The largest absolute Gasteiger partial charge is 0.484 e. The third-order valence-electron chi connectivity index (χ3n) is 3.71. The second-order valence-electron chi connectivity index (χ2n) is 6.07. The third kappa shape index (κ3) is 6.59. The van der Waals surface area contributed by atoms with E-state index < -0.39 is 11.8 Å². The number of primary amides is 1. The maximum atomic E-state index is 12.2. The molecule has 0 saturated heterocycles. The topological polar surface area (TPSA) is 111 Å². The number of ether oxygens (including phenoxy) is 1. The molecule has 0 aliphatic heterocycles. The molecule has 0 aromatic heterocycles. The molecule has 148 valence electrons. The van der Waals surface area contributed by atoms with Crippen molar-refractivity contribution in [1.82, 2.24) is 5.32 Å². The molecule has 0 heterocycles. The molecule has 2 rings (SSSR count). The average Bonchev–Trinajstić information content (AvgIpc) is 2.65. The third-order valence-corrected chi connectivity index (χ3v) is 3.94. The lowest BCUT2D eigenvalue weighted by molar-refractivity contribution is -0.118.